The van der Waals surface area contributed by atoms with Crippen LogP contribution in [0.4, 0.5) is 0 Å². The zero-order chi connectivity index (χ0) is 17.2. The quantitative estimate of drug-likeness (QED) is 0.359. The molecular formula is C19H23ClN2S2. The van der Waals surface area contributed by atoms with Gasteiger partial charge in [0.25, 0.3) is 0 Å². The van der Waals surface area contributed by atoms with Gasteiger partial charge in [0.1, 0.15) is 5.03 Å². The fraction of sp³-hybridized carbons (Fsp3) is 0.474. The normalized spacial score (nSPS) is 14.5. The third-order valence-corrected chi connectivity index (χ3v) is 6.12. The Morgan fingerprint density at radius 3 is 2.46 bits per heavy atom. The van der Waals surface area contributed by atoms with Crippen LogP contribution in [0.2, 0.25) is 5.02 Å². The molecule has 0 unspecified atom stereocenters. The second kappa shape index (κ2) is 7.67. The van der Waals surface area contributed by atoms with Crippen molar-refractivity contribution < 1.29 is 0 Å². The molecule has 0 aliphatic heterocycles. The van der Waals surface area contributed by atoms with Crippen molar-refractivity contribution in [2.75, 3.05) is 0 Å². The molecule has 1 heterocycles. The average molecular weight is 379 g/mol. The van der Waals surface area contributed by atoms with E-state index in [1.165, 1.54) is 34.7 Å². The van der Waals surface area contributed by atoms with E-state index in [1.54, 1.807) is 11.8 Å². The zero-order valence-electron chi connectivity index (χ0n) is 14.4. The van der Waals surface area contributed by atoms with Crippen LogP contribution in [0.15, 0.2) is 34.4 Å². The number of hydrogen-bond donors (Lipinski definition) is 0. The molecule has 0 radical (unpaired) electrons. The second-order valence-electron chi connectivity index (χ2n) is 7.07. The fourth-order valence-corrected chi connectivity index (χ4v) is 4.76. The molecule has 1 aromatic carbocycles. The standard InChI is InChI=1S/C19H23ClN2S2/c1-19(2,3)24-17-15-6-4-5-7-16(15)21-18(22-17)23-12-13-8-10-14(20)11-9-13/h8-11H,4-7,12H2,1-3H3. The van der Waals surface area contributed by atoms with E-state index >= 15 is 0 Å². The number of thioether (sulfide) groups is 2. The van der Waals surface area contributed by atoms with Gasteiger partial charge in [0.05, 0.1) is 0 Å². The maximum atomic E-state index is 5.96. The summed E-state index contributed by atoms with van der Waals surface area (Å²) in [6.45, 7) is 6.74. The van der Waals surface area contributed by atoms with Crippen molar-refractivity contribution in [3.63, 3.8) is 0 Å². The minimum Gasteiger partial charge on any atom is -0.227 e. The van der Waals surface area contributed by atoms with Gasteiger partial charge in [0.15, 0.2) is 5.16 Å². The van der Waals surface area contributed by atoms with Gasteiger partial charge < -0.3 is 0 Å². The van der Waals surface area contributed by atoms with E-state index in [2.05, 4.69) is 32.9 Å². The third-order valence-electron chi connectivity index (χ3n) is 3.81. The minimum absolute atomic E-state index is 0.164. The van der Waals surface area contributed by atoms with E-state index in [9.17, 15) is 0 Å². The molecule has 24 heavy (non-hydrogen) atoms. The Bertz CT molecular complexity index is 709. The van der Waals surface area contributed by atoms with E-state index in [0.29, 0.717) is 0 Å². The molecule has 0 spiro atoms. The predicted molar refractivity (Wildman–Crippen MR) is 105 cm³/mol. The molecule has 5 heteroatoms. The highest BCUT2D eigenvalue weighted by Crippen LogP contribution is 2.37. The maximum absolute atomic E-state index is 5.96. The smallest absolute Gasteiger partial charge is 0.189 e. The molecule has 128 valence electrons. The molecule has 2 nitrogen and oxygen atoms in total. The van der Waals surface area contributed by atoms with Gasteiger partial charge >= 0.3 is 0 Å². The highest BCUT2D eigenvalue weighted by Gasteiger charge is 2.22. The number of aryl methyl sites for hydroxylation is 1. The van der Waals surface area contributed by atoms with Crippen molar-refractivity contribution in [2.24, 2.45) is 0 Å². The first-order valence-electron chi connectivity index (χ1n) is 8.37. The molecule has 2 aromatic rings. The summed E-state index contributed by atoms with van der Waals surface area (Å²) in [5.74, 6) is 0.871. The summed E-state index contributed by atoms with van der Waals surface area (Å²) in [5.41, 5.74) is 3.90. The van der Waals surface area contributed by atoms with Gasteiger partial charge in [-0.25, -0.2) is 9.97 Å². The first-order valence-corrected chi connectivity index (χ1v) is 10.5. The Labute approximate surface area is 158 Å². The van der Waals surface area contributed by atoms with Gasteiger partial charge in [0, 0.05) is 26.8 Å². The van der Waals surface area contributed by atoms with Crippen LogP contribution in [0.1, 0.15) is 50.4 Å². The van der Waals surface area contributed by atoms with Crippen LogP contribution >= 0.6 is 35.1 Å². The first kappa shape index (κ1) is 18.1. The monoisotopic (exact) mass is 378 g/mol. The average Bonchev–Trinajstić information content (AvgIpc) is 2.53. The number of aromatic nitrogens is 2. The summed E-state index contributed by atoms with van der Waals surface area (Å²) < 4.78 is 0.164. The maximum Gasteiger partial charge on any atom is 0.189 e. The van der Waals surface area contributed by atoms with Gasteiger partial charge in [-0.15, -0.1) is 11.8 Å². The molecule has 0 amide bonds. The predicted octanol–water partition coefficient (Wildman–Crippen LogP) is 6.19. The summed E-state index contributed by atoms with van der Waals surface area (Å²) in [5, 5.41) is 2.86. The molecule has 0 atom stereocenters. The molecule has 1 aliphatic rings. The summed E-state index contributed by atoms with van der Waals surface area (Å²) in [7, 11) is 0. The number of halogens is 1. The molecule has 1 aliphatic carbocycles. The lowest BCUT2D eigenvalue weighted by atomic mass is 9.98. The number of nitrogens with zero attached hydrogens (tertiary/aromatic N) is 2. The van der Waals surface area contributed by atoms with Crippen molar-refractivity contribution in [1.82, 2.24) is 9.97 Å². The van der Waals surface area contributed by atoms with Crippen molar-refractivity contribution in [3.8, 4) is 0 Å². The second-order valence-corrected chi connectivity index (χ2v) is 10.3. The van der Waals surface area contributed by atoms with Crippen LogP contribution < -0.4 is 0 Å². The highest BCUT2D eigenvalue weighted by atomic mass is 35.5. The van der Waals surface area contributed by atoms with Gasteiger partial charge in [0.2, 0.25) is 0 Å². The summed E-state index contributed by atoms with van der Waals surface area (Å²) in [6.07, 6.45) is 4.70. The summed E-state index contributed by atoms with van der Waals surface area (Å²) in [4.78, 5) is 9.74. The van der Waals surface area contributed by atoms with Gasteiger partial charge in [-0.05, 0) is 43.4 Å². The van der Waals surface area contributed by atoms with Crippen LogP contribution in [-0.2, 0) is 18.6 Å². The number of benzene rings is 1. The Balaban J connectivity index is 1.82. The van der Waals surface area contributed by atoms with Crippen LogP contribution in [0.5, 0.6) is 0 Å². The van der Waals surface area contributed by atoms with E-state index in [4.69, 9.17) is 21.6 Å². The fourth-order valence-electron chi connectivity index (χ4n) is 2.71. The molecule has 3 rings (SSSR count). The first-order chi connectivity index (χ1) is 11.4. The van der Waals surface area contributed by atoms with E-state index < -0.39 is 0 Å². The van der Waals surface area contributed by atoms with Crippen molar-refractivity contribution in [1.29, 1.82) is 0 Å². The number of rotatable bonds is 4. The summed E-state index contributed by atoms with van der Waals surface area (Å²) >= 11 is 9.54. The lowest BCUT2D eigenvalue weighted by molar-refractivity contribution is 0.626. The van der Waals surface area contributed by atoms with E-state index in [0.717, 1.165) is 28.8 Å². The van der Waals surface area contributed by atoms with E-state index in [-0.39, 0.29) is 4.75 Å². The van der Waals surface area contributed by atoms with Gasteiger partial charge in [-0.1, -0.05) is 56.3 Å². The molecule has 0 fully saturated rings. The lowest BCUT2D eigenvalue weighted by Gasteiger charge is -2.23. The molecular weight excluding hydrogens is 356 g/mol. The van der Waals surface area contributed by atoms with Crippen LogP contribution in [0, 0.1) is 0 Å². The molecule has 0 bridgehead atoms. The van der Waals surface area contributed by atoms with Crippen molar-refractivity contribution in [2.45, 2.75) is 67.1 Å². The number of fused-ring (bicyclic) bond motifs is 1. The lowest BCUT2D eigenvalue weighted by Crippen LogP contribution is -2.14. The largest absolute Gasteiger partial charge is 0.227 e. The third kappa shape index (κ3) is 4.90. The molecule has 0 N–H and O–H groups in total. The molecule has 1 aromatic heterocycles. The van der Waals surface area contributed by atoms with Gasteiger partial charge in [-0.2, -0.15) is 0 Å². The topological polar surface area (TPSA) is 25.8 Å². The highest BCUT2D eigenvalue weighted by molar-refractivity contribution is 8.00. The van der Waals surface area contributed by atoms with Crippen molar-refractivity contribution >= 4 is 35.1 Å². The van der Waals surface area contributed by atoms with E-state index in [1.807, 2.05) is 23.9 Å². The minimum atomic E-state index is 0.164. The van der Waals surface area contributed by atoms with Crippen LogP contribution in [0.3, 0.4) is 0 Å². The molecule has 0 saturated heterocycles. The Kier molecular flexibility index (Phi) is 5.78. The van der Waals surface area contributed by atoms with Crippen LogP contribution in [0.25, 0.3) is 0 Å². The Morgan fingerprint density at radius 2 is 1.75 bits per heavy atom. The number of hydrogen-bond acceptors (Lipinski definition) is 4. The Hall–Kier alpha value is -0.710. The SMILES string of the molecule is CC(C)(C)Sc1nc(SCc2ccc(Cl)cc2)nc2c1CCCC2. The van der Waals surface area contributed by atoms with Crippen LogP contribution in [-0.4, -0.2) is 14.7 Å². The van der Waals surface area contributed by atoms with Gasteiger partial charge in [-0.3, -0.25) is 0 Å². The molecule has 0 saturated carbocycles. The zero-order valence-corrected chi connectivity index (χ0v) is 16.8. The summed E-state index contributed by atoms with van der Waals surface area (Å²) in [6, 6.07) is 8.01. The van der Waals surface area contributed by atoms with Crippen molar-refractivity contribution in [3.05, 3.63) is 46.1 Å². The Morgan fingerprint density at radius 1 is 1.04 bits per heavy atom.